The number of hydrogen-bond donors (Lipinski definition) is 0. The van der Waals surface area contributed by atoms with Crippen LogP contribution in [0.3, 0.4) is 0 Å². The van der Waals surface area contributed by atoms with Gasteiger partial charge in [0, 0.05) is 50.8 Å². The summed E-state index contributed by atoms with van der Waals surface area (Å²) in [5, 5.41) is 11.1. The second-order valence-corrected chi connectivity index (χ2v) is 7.26. The van der Waals surface area contributed by atoms with Gasteiger partial charge in [0.1, 0.15) is 5.75 Å². The fourth-order valence-electron chi connectivity index (χ4n) is 3.87. The third-order valence-corrected chi connectivity index (χ3v) is 5.42. The molecule has 0 unspecified atom stereocenters. The van der Waals surface area contributed by atoms with E-state index in [0.717, 1.165) is 38.4 Å². The third kappa shape index (κ3) is 3.99. The molecule has 2 heterocycles. The Morgan fingerprint density at radius 1 is 1.11 bits per heavy atom. The van der Waals surface area contributed by atoms with Crippen LogP contribution in [0.2, 0.25) is 0 Å². The molecule has 2 aliphatic rings. The summed E-state index contributed by atoms with van der Waals surface area (Å²) in [7, 11) is 0. The van der Waals surface area contributed by atoms with E-state index in [0.29, 0.717) is 18.7 Å². The smallest absolute Gasteiger partial charge is 0.273 e. The number of rotatable bonds is 5. The molecule has 7 heteroatoms. The number of para-hydroxylation sites is 1. The van der Waals surface area contributed by atoms with Gasteiger partial charge in [0.15, 0.2) is 0 Å². The van der Waals surface area contributed by atoms with Crippen LogP contribution in [0.1, 0.15) is 16.7 Å². The lowest BCUT2D eigenvalue weighted by Crippen LogP contribution is -2.48. The Morgan fingerprint density at radius 3 is 2.68 bits per heavy atom. The minimum absolute atomic E-state index is 0.00933. The SMILES string of the molecule is O=C(Cc1ccccc1[N+](=O)[O-])N1CCN(Cc2ccc3c(c2)CCO3)CC1. The van der Waals surface area contributed by atoms with Crippen LogP contribution < -0.4 is 4.74 Å². The number of ether oxygens (including phenoxy) is 1. The minimum Gasteiger partial charge on any atom is -0.493 e. The number of benzene rings is 2. The first-order valence-electron chi connectivity index (χ1n) is 9.57. The molecule has 28 heavy (non-hydrogen) atoms. The largest absolute Gasteiger partial charge is 0.493 e. The Kier molecular flexibility index (Phi) is 5.25. The van der Waals surface area contributed by atoms with Gasteiger partial charge < -0.3 is 9.64 Å². The molecule has 146 valence electrons. The molecular weight excluding hydrogens is 358 g/mol. The molecule has 2 aromatic carbocycles. The maximum Gasteiger partial charge on any atom is 0.273 e. The van der Waals surface area contributed by atoms with Crippen LogP contribution >= 0.6 is 0 Å². The normalized spacial score (nSPS) is 16.5. The second-order valence-electron chi connectivity index (χ2n) is 7.26. The quantitative estimate of drug-likeness (QED) is 0.587. The highest BCUT2D eigenvalue weighted by atomic mass is 16.6. The second kappa shape index (κ2) is 7.98. The van der Waals surface area contributed by atoms with Gasteiger partial charge in [0.25, 0.3) is 5.69 Å². The van der Waals surface area contributed by atoms with Gasteiger partial charge in [-0.1, -0.05) is 30.3 Å². The molecule has 0 saturated carbocycles. The summed E-state index contributed by atoms with van der Waals surface area (Å²) in [4.78, 5) is 27.5. The number of nitro groups is 1. The van der Waals surface area contributed by atoms with Gasteiger partial charge in [-0.15, -0.1) is 0 Å². The van der Waals surface area contributed by atoms with E-state index in [9.17, 15) is 14.9 Å². The first kappa shape index (κ1) is 18.4. The van der Waals surface area contributed by atoms with Gasteiger partial charge in [-0.25, -0.2) is 0 Å². The van der Waals surface area contributed by atoms with Crippen molar-refractivity contribution < 1.29 is 14.5 Å². The van der Waals surface area contributed by atoms with Gasteiger partial charge in [0.2, 0.25) is 5.91 Å². The number of carbonyl (C=O) groups excluding carboxylic acids is 1. The van der Waals surface area contributed by atoms with Crippen LogP contribution in [-0.2, 0) is 24.2 Å². The van der Waals surface area contributed by atoms with E-state index in [1.54, 1.807) is 18.2 Å². The molecule has 7 nitrogen and oxygen atoms in total. The van der Waals surface area contributed by atoms with E-state index in [4.69, 9.17) is 4.74 Å². The number of fused-ring (bicyclic) bond motifs is 1. The van der Waals surface area contributed by atoms with Crippen LogP contribution in [0.4, 0.5) is 5.69 Å². The summed E-state index contributed by atoms with van der Waals surface area (Å²) in [6.45, 7) is 4.52. The number of nitro benzene ring substituents is 1. The number of nitrogens with zero attached hydrogens (tertiary/aromatic N) is 3. The first-order chi connectivity index (χ1) is 13.6. The Labute approximate surface area is 163 Å². The maximum absolute atomic E-state index is 12.6. The van der Waals surface area contributed by atoms with E-state index in [-0.39, 0.29) is 18.0 Å². The summed E-state index contributed by atoms with van der Waals surface area (Å²) in [5.41, 5.74) is 3.02. The van der Waals surface area contributed by atoms with Crippen molar-refractivity contribution in [1.29, 1.82) is 0 Å². The predicted octanol–water partition coefficient (Wildman–Crippen LogP) is 2.42. The number of piperazine rings is 1. The van der Waals surface area contributed by atoms with Crippen molar-refractivity contribution >= 4 is 11.6 Å². The van der Waals surface area contributed by atoms with Crippen molar-refractivity contribution in [3.05, 3.63) is 69.3 Å². The van der Waals surface area contributed by atoms with Gasteiger partial charge >= 0.3 is 0 Å². The molecule has 2 aliphatic heterocycles. The molecule has 0 aliphatic carbocycles. The highest BCUT2D eigenvalue weighted by molar-refractivity contribution is 5.80. The number of amides is 1. The highest BCUT2D eigenvalue weighted by Crippen LogP contribution is 2.26. The summed E-state index contributed by atoms with van der Waals surface area (Å²) in [6, 6.07) is 12.8. The molecule has 0 atom stereocenters. The van der Waals surface area contributed by atoms with E-state index >= 15 is 0 Å². The van der Waals surface area contributed by atoms with Crippen LogP contribution in [0.5, 0.6) is 5.75 Å². The molecule has 0 aromatic heterocycles. The molecule has 2 aromatic rings. The van der Waals surface area contributed by atoms with E-state index < -0.39 is 4.92 Å². The Morgan fingerprint density at radius 2 is 1.89 bits per heavy atom. The zero-order valence-corrected chi connectivity index (χ0v) is 15.7. The Balaban J connectivity index is 1.31. The van der Waals surface area contributed by atoms with Gasteiger partial charge in [-0.2, -0.15) is 0 Å². The lowest BCUT2D eigenvalue weighted by molar-refractivity contribution is -0.385. The van der Waals surface area contributed by atoms with Gasteiger partial charge in [0.05, 0.1) is 18.0 Å². The van der Waals surface area contributed by atoms with Gasteiger partial charge in [-0.3, -0.25) is 19.8 Å². The van der Waals surface area contributed by atoms with Crippen molar-refractivity contribution in [3.63, 3.8) is 0 Å². The van der Waals surface area contributed by atoms with Crippen molar-refractivity contribution in [2.75, 3.05) is 32.8 Å². The zero-order chi connectivity index (χ0) is 19.5. The van der Waals surface area contributed by atoms with Crippen molar-refractivity contribution in [2.45, 2.75) is 19.4 Å². The zero-order valence-electron chi connectivity index (χ0n) is 15.7. The molecule has 4 rings (SSSR count). The van der Waals surface area contributed by atoms with Crippen molar-refractivity contribution in [1.82, 2.24) is 9.80 Å². The minimum atomic E-state index is -0.428. The molecule has 0 bridgehead atoms. The number of hydrogen-bond acceptors (Lipinski definition) is 5. The molecule has 1 amide bonds. The van der Waals surface area contributed by atoms with Crippen LogP contribution in [-0.4, -0.2) is 53.4 Å². The standard InChI is InChI=1S/C21H23N3O4/c25-21(14-17-3-1-2-4-19(17)24(26)27)23-10-8-22(9-11-23)15-16-5-6-20-18(13-16)7-12-28-20/h1-6,13H,7-12,14-15H2. The predicted molar refractivity (Wildman–Crippen MR) is 104 cm³/mol. The van der Waals surface area contributed by atoms with Crippen LogP contribution in [0, 0.1) is 10.1 Å². The fraction of sp³-hybridized carbons (Fsp3) is 0.381. The summed E-state index contributed by atoms with van der Waals surface area (Å²) in [5.74, 6) is 0.942. The summed E-state index contributed by atoms with van der Waals surface area (Å²) in [6.07, 6.45) is 1.04. The van der Waals surface area contributed by atoms with Crippen molar-refractivity contribution in [3.8, 4) is 5.75 Å². The molecule has 1 saturated heterocycles. The topological polar surface area (TPSA) is 75.9 Å². The van der Waals surface area contributed by atoms with Crippen LogP contribution in [0.25, 0.3) is 0 Å². The lowest BCUT2D eigenvalue weighted by atomic mass is 10.1. The lowest BCUT2D eigenvalue weighted by Gasteiger charge is -2.35. The monoisotopic (exact) mass is 381 g/mol. The van der Waals surface area contributed by atoms with E-state index in [1.165, 1.54) is 17.2 Å². The molecule has 0 N–H and O–H groups in total. The van der Waals surface area contributed by atoms with Crippen LogP contribution in [0.15, 0.2) is 42.5 Å². The average molecular weight is 381 g/mol. The highest BCUT2D eigenvalue weighted by Gasteiger charge is 2.24. The molecular formula is C21H23N3O4. The Hall–Kier alpha value is -2.93. The van der Waals surface area contributed by atoms with E-state index in [2.05, 4.69) is 17.0 Å². The molecule has 0 spiro atoms. The summed E-state index contributed by atoms with van der Waals surface area (Å²) < 4.78 is 5.56. The fourth-order valence-corrected chi connectivity index (χ4v) is 3.87. The maximum atomic E-state index is 12.6. The Bertz CT molecular complexity index is 891. The van der Waals surface area contributed by atoms with E-state index in [1.807, 2.05) is 11.0 Å². The first-order valence-corrected chi connectivity index (χ1v) is 9.57. The number of carbonyl (C=O) groups is 1. The molecule has 1 fully saturated rings. The average Bonchev–Trinajstić information content (AvgIpc) is 3.16. The third-order valence-electron chi connectivity index (χ3n) is 5.42. The molecule has 0 radical (unpaired) electrons. The summed E-state index contributed by atoms with van der Waals surface area (Å²) >= 11 is 0. The van der Waals surface area contributed by atoms with Gasteiger partial charge in [-0.05, 0) is 17.2 Å². The van der Waals surface area contributed by atoms with Crippen molar-refractivity contribution in [2.24, 2.45) is 0 Å².